The largest absolute Gasteiger partial charge is 0.510 e. The van der Waals surface area contributed by atoms with E-state index in [-0.39, 0.29) is 40.0 Å². The Morgan fingerprint density at radius 1 is 1.07 bits per heavy atom. The van der Waals surface area contributed by atoms with Crippen molar-refractivity contribution in [3.05, 3.63) is 106 Å². The number of methoxy groups -OCH3 is 1. The maximum Gasteiger partial charge on any atom is 0.260 e. The quantitative estimate of drug-likeness (QED) is 0.0840. The number of benzene rings is 1. The number of H-pyrrole nitrogens is 1. The Kier molecular flexibility index (Phi) is 5.88. The molecule has 0 bridgehead atoms. The molecule has 1 aromatic heterocycles. The molecule has 0 aliphatic heterocycles. The Morgan fingerprint density at radius 3 is 2.33 bits per heavy atom. The fourth-order valence-electron chi connectivity index (χ4n) is 6.05. The summed E-state index contributed by atoms with van der Waals surface area (Å²) >= 11 is 8.15. The van der Waals surface area contributed by atoms with Gasteiger partial charge in [-0.15, -0.1) is 0 Å². The van der Waals surface area contributed by atoms with Crippen molar-refractivity contribution in [2.24, 2.45) is 10.8 Å². The maximum atomic E-state index is 13.6. The molecule has 2 aromatic rings. The number of aliphatic hydroxyl groups is 2. The summed E-state index contributed by atoms with van der Waals surface area (Å²) in [6.45, 7) is 0. The average Bonchev–Trinajstić information content (AvgIpc) is 3.44. The van der Waals surface area contributed by atoms with Gasteiger partial charge in [-0.2, -0.15) is 5.10 Å². The molecule has 7 N–H and O–H groups in total. The van der Waals surface area contributed by atoms with Crippen LogP contribution >= 0.6 is 28.1 Å². The Balaban J connectivity index is 1.74. The normalized spacial score (nSPS) is 17.5. The predicted octanol–water partition coefficient (Wildman–Crippen LogP) is -1.56. The summed E-state index contributed by atoms with van der Waals surface area (Å²) in [5, 5.41) is 35.5. The Morgan fingerprint density at radius 2 is 1.71 bits per heavy atom. The number of ether oxygens (including phenoxy) is 1. The number of pyridine rings is 1. The topological polar surface area (TPSA) is 221 Å². The van der Waals surface area contributed by atoms with Crippen molar-refractivity contribution < 1.29 is 20.1 Å². The van der Waals surface area contributed by atoms with Crippen LogP contribution in [-0.4, -0.2) is 38.7 Å². The first-order valence-corrected chi connectivity index (χ1v) is 13.3. The molecule has 0 fully saturated rings. The summed E-state index contributed by atoms with van der Waals surface area (Å²) in [4.78, 5) is 68.5. The van der Waals surface area contributed by atoms with Crippen LogP contribution in [0, 0.1) is 10.4 Å². The van der Waals surface area contributed by atoms with Gasteiger partial charge in [0.25, 0.3) is 5.56 Å². The number of nitrogens with zero attached hydrogens (tertiary/aromatic N) is 1. The molecule has 1 aromatic carbocycles. The van der Waals surface area contributed by atoms with Crippen molar-refractivity contribution in [1.82, 2.24) is 10.4 Å². The number of rotatable bonds is 3. The van der Waals surface area contributed by atoms with Gasteiger partial charge >= 0.3 is 0 Å². The van der Waals surface area contributed by atoms with Gasteiger partial charge < -0.3 is 30.8 Å². The number of hydrogen-bond acceptors (Lipinski definition) is 11. The summed E-state index contributed by atoms with van der Waals surface area (Å²) in [5.41, 5.74) is 1.11. The first-order valence-electron chi connectivity index (χ1n) is 12.1. The lowest BCUT2D eigenvalue weighted by atomic mass is 9.78. The molecule has 1 heterocycles. The van der Waals surface area contributed by atoms with Crippen molar-refractivity contribution in [2.45, 2.75) is 18.3 Å². The minimum absolute atomic E-state index is 0.103. The lowest BCUT2D eigenvalue weighted by Crippen LogP contribution is -2.51. The van der Waals surface area contributed by atoms with Gasteiger partial charge in [-0.1, -0.05) is 0 Å². The van der Waals surface area contributed by atoms with Crippen LogP contribution in [0.25, 0.3) is 22.3 Å². The molecular formula is C27H17BrN4O9S. The van der Waals surface area contributed by atoms with Crippen LogP contribution in [0.1, 0.15) is 23.2 Å². The molecular weight excluding hydrogens is 636 g/mol. The highest BCUT2D eigenvalue weighted by molar-refractivity contribution is 9.10. The zero-order chi connectivity index (χ0) is 30.4. The third-order valence-electron chi connectivity index (χ3n) is 7.76. The molecule has 15 heteroatoms. The predicted molar refractivity (Wildman–Crippen MR) is 159 cm³/mol. The van der Waals surface area contributed by atoms with Gasteiger partial charge in [0.15, 0.2) is 16.3 Å². The highest BCUT2D eigenvalue weighted by atomic mass is 79.9. The lowest BCUT2D eigenvalue weighted by Gasteiger charge is -2.27. The van der Waals surface area contributed by atoms with Crippen LogP contribution in [0.5, 0.6) is 11.5 Å². The first-order chi connectivity index (χ1) is 19.9. The van der Waals surface area contributed by atoms with Crippen LogP contribution in [0.3, 0.4) is 0 Å². The van der Waals surface area contributed by atoms with E-state index < -0.39 is 76.6 Å². The second-order valence-electron chi connectivity index (χ2n) is 9.76. The molecule has 0 radical (unpaired) electrons. The van der Waals surface area contributed by atoms with E-state index >= 15 is 0 Å². The Labute approximate surface area is 245 Å². The van der Waals surface area contributed by atoms with Gasteiger partial charge in [0, 0.05) is 21.5 Å². The van der Waals surface area contributed by atoms with Gasteiger partial charge in [0.2, 0.25) is 16.3 Å². The zero-order valence-electron chi connectivity index (χ0n) is 21.2. The van der Waals surface area contributed by atoms with Crippen LogP contribution in [0.2, 0.25) is 0 Å². The van der Waals surface area contributed by atoms with Gasteiger partial charge in [0.05, 0.1) is 45.3 Å². The second-order valence-corrected chi connectivity index (χ2v) is 11.0. The van der Waals surface area contributed by atoms with E-state index in [1.54, 1.807) is 0 Å². The van der Waals surface area contributed by atoms with E-state index in [4.69, 9.17) is 10.5 Å². The fraction of sp³-hybridized carbons (Fsp3) is 0.148. The number of fused-ring (bicyclic) bond motifs is 4. The van der Waals surface area contributed by atoms with Crippen LogP contribution in [-0.2, 0) is 11.8 Å². The standard InChI is InChI=1S/C27H17BrN4O9S/c1-41-11-5-10(33)13-14(19(11)34)21(36)16-15(20(13)35)23(38)27(24(16)39)3-2-8-17(27)22(37)12-9(18(8)28)4-7(31-25(12)40)6-30-32-26(29)42/h4-6,37-39H,2-3H2,1H3,(H,31,40)(H3,29,32,42)/t27-/m0/s1. The number of phenols is 1. The molecule has 4 aliphatic carbocycles. The average molecular weight is 653 g/mol. The molecule has 1 spiro atoms. The van der Waals surface area contributed by atoms with E-state index in [9.17, 15) is 39.3 Å². The molecule has 13 nitrogen and oxygen atoms in total. The summed E-state index contributed by atoms with van der Waals surface area (Å²) < 4.78 is 5.22. The number of aromatic hydroxyl groups is 1. The van der Waals surface area contributed by atoms with Gasteiger partial charge in [0.1, 0.15) is 22.7 Å². The summed E-state index contributed by atoms with van der Waals surface area (Å²) in [7, 11) is 1.11. The third-order valence-corrected chi connectivity index (χ3v) is 8.75. The van der Waals surface area contributed by atoms with Crippen molar-refractivity contribution in [1.29, 1.82) is 0 Å². The Hall–Kier alpha value is -4.89. The van der Waals surface area contributed by atoms with Gasteiger partial charge in [-0.25, -0.2) is 0 Å². The minimum Gasteiger partial charge on any atom is -0.510 e. The SMILES string of the molecule is COc1cc(=O)c2c(=O)c3c(c(=O)c=2c1=O)=C(O)[C@]1(CCc2c1c(O)c1c(=O)[nH]c(C=NNC(N)=S)cc1c2Br)C=3O. The fourth-order valence-corrected chi connectivity index (χ4v) is 6.81. The van der Waals surface area contributed by atoms with Crippen LogP contribution < -0.4 is 53.6 Å². The van der Waals surface area contributed by atoms with Gasteiger partial charge in [-0.05, 0) is 52.6 Å². The van der Waals surface area contributed by atoms with Crippen LogP contribution in [0.15, 0.2) is 45.7 Å². The number of thiocarbonyl (C=S) groups is 1. The number of aliphatic hydroxyl groups excluding tert-OH is 2. The molecule has 1 atom stereocenters. The van der Waals surface area contributed by atoms with E-state index in [0.29, 0.717) is 10.0 Å². The number of hydrazone groups is 1. The molecule has 6 rings (SSSR count). The molecule has 0 amide bonds. The number of hydrogen-bond donors (Lipinski definition) is 6. The van der Waals surface area contributed by atoms with Crippen molar-refractivity contribution in [3.63, 3.8) is 0 Å². The number of aromatic amines is 1. The maximum absolute atomic E-state index is 13.6. The van der Waals surface area contributed by atoms with E-state index in [2.05, 4.69) is 43.7 Å². The van der Waals surface area contributed by atoms with Crippen LogP contribution in [0.4, 0.5) is 0 Å². The molecule has 0 saturated carbocycles. The number of phenolic OH excluding ortho intramolecular Hbond substituents is 1. The summed E-state index contributed by atoms with van der Waals surface area (Å²) in [6.07, 6.45) is 1.22. The summed E-state index contributed by atoms with van der Waals surface area (Å²) in [6, 6.07) is 2.28. The molecule has 42 heavy (non-hydrogen) atoms. The van der Waals surface area contributed by atoms with E-state index in [1.807, 2.05) is 0 Å². The second kappa shape index (κ2) is 9.06. The molecule has 212 valence electrons. The molecule has 4 aliphatic rings. The number of nitrogens with two attached hydrogens (primary N) is 1. The van der Waals surface area contributed by atoms with Crippen molar-refractivity contribution >= 4 is 61.8 Å². The minimum atomic E-state index is -2.02. The lowest BCUT2D eigenvalue weighted by molar-refractivity contribution is 0.362. The Bertz CT molecular complexity index is 2470. The van der Waals surface area contributed by atoms with E-state index in [0.717, 1.165) is 13.2 Å². The van der Waals surface area contributed by atoms with Crippen molar-refractivity contribution in [2.75, 3.05) is 7.11 Å². The van der Waals surface area contributed by atoms with Gasteiger partial charge in [-0.3, -0.25) is 29.4 Å². The van der Waals surface area contributed by atoms with E-state index in [1.165, 1.54) is 12.3 Å². The third kappa shape index (κ3) is 3.31. The zero-order valence-corrected chi connectivity index (χ0v) is 23.7. The monoisotopic (exact) mass is 652 g/mol. The number of halogens is 1. The number of nitrogens with one attached hydrogen (secondary N) is 2. The first kappa shape index (κ1) is 27.3. The highest BCUT2D eigenvalue weighted by Gasteiger charge is 2.53. The number of aromatic nitrogens is 1. The smallest absolute Gasteiger partial charge is 0.260 e. The molecule has 0 unspecified atom stereocenters. The summed E-state index contributed by atoms with van der Waals surface area (Å²) in [5.74, 6) is -2.66. The highest BCUT2D eigenvalue weighted by Crippen LogP contribution is 2.56. The molecule has 0 saturated heterocycles. The van der Waals surface area contributed by atoms with Crippen molar-refractivity contribution in [3.8, 4) is 11.5 Å².